The van der Waals surface area contributed by atoms with Gasteiger partial charge in [-0.15, -0.1) is 0 Å². The van der Waals surface area contributed by atoms with Gasteiger partial charge >= 0.3 is 6.18 Å². The predicted octanol–water partition coefficient (Wildman–Crippen LogP) is 4.00. The molecule has 1 N–H and O–H groups in total. The lowest BCUT2D eigenvalue weighted by Crippen LogP contribution is -2.44. The number of halogens is 4. The van der Waals surface area contributed by atoms with Crippen LogP contribution in [0.2, 0.25) is 0 Å². The number of hydrogen-bond acceptors (Lipinski definition) is 4. The number of carbonyl (C=O) groups is 1. The second-order valence-electron chi connectivity index (χ2n) is 7.22. The van der Waals surface area contributed by atoms with Crippen molar-refractivity contribution in [2.24, 2.45) is 0 Å². The van der Waals surface area contributed by atoms with Gasteiger partial charge < -0.3 is 19.9 Å². The van der Waals surface area contributed by atoms with Gasteiger partial charge in [0.05, 0.1) is 11.3 Å². The molecule has 1 heterocycles. The second kappa shape index (κ2) is 8.91. The molecule has 1 aliphatic rings. The molecule has 0 aliphatic carbocycles. The highest BCUT2D eigenvalue weighted by Crippen LogP contribution is 2.37. The fourth-order valence-electron chi connectivity index (χ4n) is 3.17. The fourth-order valence-corrected chi connectivity index (χ4v) is 3.17. The lowest BCUT2D eigenvalue weighted by atomic mass is 10.1. The fraction of sp³-hybridized carbons (Fsp3) is 0.381. The number of anilines is 2. The Bertz CT molecular complexity index is 896. The number of benzene rings is 2. The van der Waals surface area contributed by atoms with Gasteiger partial charge in [-0.2, -0.15) is 13.2 Å². The van der Waals surface area contributed by atoms with E-state index < -0.39 is 29.6 Å². The largest absolute Gasteiger partial charge is 0.481 e. The predicted molar refractivity (Wildman–Crippen MR) is 106 cm³/mol. The van der Waals surface area contributed by atoms with Crippen LogP contribution < -0.4 is 15.0 Å². The Hall–Kier alpha value is -2.81. The van der Waals surface area contributed by atoms with Crippen molar-refractivity contribution in [2.45, 2.75) is 19.2 Å². The number of ether oxygens (including phenoxy) is 1. The third-order valence-corrected chi connectivity index (χ3v) is 4.91. The number of piperazine rings is 1. The van der Waals surface area contributed by atoms with Crippen molar-refractivity contribution in [3.8, 4) is 5.75 Å². The summed E-state index contributed by atoms with van der Waals surface area (Å²) in [6.07, 6.45) is -5.76. The number of alkyl halides is 3. The molecule has 3 rings (SSSR count). The number of amides is 1. The molecule has 162 valence electrons. The molecule has 1 fully saturated rings. The van der Waals surface area contributed by atoms with Crippen molar-refractivity contribution in [3.63, 3.8) is 0 Å². The van der Waals surface area contributed by atoms with Gasteiger partial charge in [-0.3, -0.25) is 4.79 Å². The number of hydrogen-bond donors (Lipinski definition) is 1. The van der Waals surface area contributed by atoms with E-state index in [0.717, 1.165) is 25.2 Å². The Morgan fingerprint density at radius 2 is 1.80 bits per heavy atom. The summed E-state index contributed by atoms with van der Waals surface area (Å²) >= 11 is 0. The van der Waals surface area contributed by atoms with Crippen LogP contribution in [0.25, 0.3) is 0 Å². The van der Waals surface area contributed by atoms with Crippen molar-refractivity contribution in [2.75, 3.05) is 43.4 Å². The van der Waals surface area contributed by atoms with Crippen LogP contribution in [0, 0.1) is 5.82 Å². The minimum absolute atomic E-state index is 0.110. The van der Waals surface area contributed by atoms with Crippen LogP contribution in [0.15, 0.2) is 42.5 Å². The highest BCUT2D eigenvalue weighted by atomic mass is 19.4. The minimum Gasteiger partial charge on any atom is -0.481 e. The Morgan fingerprint density at radius 3 is 2.43 bits per heavy atom. The maximum Gasteiger partial charge on any atom is 0.418 e. The van der Waals surface area contributed by atoms with E-state index in [1.165, 1.54) is 31.2 Å². The summed E-state index contributed by atoms with van der Waals surface area (Å²) in [6, 6.07) is 9.05. The number of rotatable bonds is 5. The summed E-state index contributed by atoms with van der Waals surface area (Å²) < 4.78 is 59.5. The summed E-state index contributed by atoms with van der Waals surface area (Å²) in [5.74, 6) is -1.20. The average molecular weight is 425 g/mol. The summed E-state index contributed by atoms with van der Waals surface area (Å²) in [6.45, 7) is 4.14. The normalized spacial score (nSPS) is 16.3. The van der Waals surface area contributed by atoms with Crippen molar-refractivity contribution < 1.29 is 27.1 Å². The molecule has 0 radical (unpaired) electrons. The summed E-state index contributed by atoms with van der Waals surface area (Å²) in [5, 5.41) is 2.28. The van der Waals surface area contributed by atoms with Crippen molar-refractivity contribution in [1.29, 1.82) is 0 Å². The first kappa shape index (κ1) is 21.9. The molecule has 5 nitrogen and oxygen atoms in total. The van der Waals surface area contributed by atoms with E-state index in [-0.39, 0.29) is 11.4 Å². The zero-order valence-electron chi connectivity index (χ0n) is 16.7. The van der Waals surface area contributed by atoms with Crippen LogP contribution in [-0.4, -0.2) is 50.1 Å². The van der Waals surface area contributed by atoms with Crippen molar-refractivity contribution >= 4 is 17.3 Å². The third kappa shape index (κ3) is 5.41. The number of nitrogens with one attached hydrogen (secondary N) is 1. The van der Waals surface area contributed by atoms with Gasteiger partial charge in [0, 0.05) is 37.9 Å². The van der Waals surface area contributed by atoms with E-state index in [4.69, 9.17) is 4.74 Å². The van der Waals surface area contributed by atoms with Gasteiger partial charge in [0.1, 0.15) is 11.6 Å². The second-order valence-corrected chi connectivity index (χ2v) is 7.22. The van der Waals surface area contributed by atoms with Gasteiger partial charge in [0.25, 0.3) is 5.91 Å². The molecular formula is C21H23F4N3O2. The molecule has 1 saturated heterocycles. The topological polar surface area (TPSA) is 44.8 Å². The van der Waals surface area contributed by atoms with Gasteiger partial charge in [0.2, 0.25) is 0 Å². The highest BCUT2D eigenvalue weighted by molar-refractivity contribution is 5.95. The van der Waals surface area contributed by atoms with Gasteiger partial charge in [-0.05, 0) is 44.3 Å². The van der Waals surface area contributed by atoms with E-state index in [9.17, 15) is 22.4 Å². The van der Waals surface area contributed by atoms with E-state index in [1.54, 1.807) is 6.07 Å². The van der Waals surface area contributed by atoms with Crippen molar-refractivity contribution in [3.05, 3.63) is 53.8 Å². The quantitative estimate of drug-likeness (QED) is 0.736. The Balaban J connectivity index is 1.76. The van der Waals surface area contributed by atoms with E-state index >= 15 is 0 Å². The molecule has 2 aromatic carbocycles. The molecule has 1 unspecified atom stereocenters. The zero-order valence-corrected chi connectivity index (χ0v) is 16.7. The zero-order chi connectivity index (χ0) is 21.9. The SMILES string of the molecule is CC(Oc1cccc(F)c1)C(=O)Nc1ccc(N2CCN(C)CC2)cc1C(F)(F)F. The minimum atomic E-state index is -4.64. The monoisotopic (exact) mass is 425 g/mol. The van der Waals surface area contributed by atoms with Crippen molar-refractivity contribution in [1.82, 2.24) is 4.90 Å². The molecule has 1 amide bonds. The van der Waals surface area contributed by atoms with Crippen LogP contribution in [-0.2, 0) is 11.0 Å². The number of likely N-dealkylation sites (N-methyl/N-ethyl adjacent to an activating group) is 1. The molecule has 30 heavy (non-hydrogen) atoms. The first-order valence-corrected chi connectivity index (χ1v) is 9.51. The first-order chi connectivity index (χ1) is 14.1. The molecule has 0 saturated carbocycles. The Kier molecular flexibility index (Phi) is 6.50. The average Bonchev–Trinajstić information content (AvgIpc) is 2.68. The Morgan fingerprint density at radius 1 is 1.10 bits per heavy atom. The summed E-state index contributed by atoms with van der Waals surface area (Å²) in [4.78, 5) is 16.4. The smallest absolute Gasteiger partial charge is 0.418 e. The molecule has 1 atom stereocenters. The summed E-state index contributed by atoms with van der Waals surface area (Å²) in [7, 11) is 1.96. The standard InChI is InChI=1S/C21H23F4N3O2/c1-14(30-17-5-3-4-15(22)12-17)20(29)26-19-7-6-16(13-18(19)21(23,24)25)28-10-8-27(2)9-11-28/h3-7,12-14H,8-11H2,1-2H3,(H,26,29). The molecule has 2 aromatic rings. The van der Waals surface area contributed by atoms with E-state index in [0.29, 0.717) is 18.8 Å². The summed E-state index contributed by atoms with van der Waals surface area (Å²) in [5.41, 5.74) is -0.817. The maximum atomic E-state index is 13.6. The van der Waals surface area contributed by atoms with Crippen LogP contribution in [0.3, 0.4) is 0 Å². The van der Waals surface area contributed by atoms with Gasteiger partial charge in [-0.25, -0.2) is 4.39 Å². The third-order valence-electron chi connectivity index (χ3n) is 4.91. The molecule has 1 aliphatic heterocycles. The molecule has 9 heteroatoms. The first-order valence-electron chi connectivity index (χ1n) is 9.51. The lowest BCUT2D eigenvalue weighted by molar-refractivity contribution is -0.137. The number of nitrogens with zero attached hydrogens (tertiary/aromatic N) is 2. The van der Waals surface area contributed by atoms with Gasteiger partial charge in [-0.1, -0.05) is 6.07 Å². The van der Waals surface area contributed by atoms with Crippen LogP contribution in [0.5, 0.6) is 5.75 Å². The van der Waals surface area contributed by atoms with Crippen LogP contribution in [0.1, 0.15) is 12.5 Å². The highest BCUT2D eigenvalue weighted by Gasteiger charge is 2.35. The Labute approximate surface area is 172 Å². The van der Waals surface area contributed by atoms with Crippen LogP contribution in [0.4, 0.5) is 28.9 Å². The maximum absolute atomic E-state index is 13.6. The van der Waals surface area contributed by atoms with E-state index in [2.05, 4.69) is 10.2 Å². The molecule has 0 bridgehead atoms. The van der Waals surface area contributed by atoms with E-state index in [1.807, 2.05) is 11.9 Å². The number of carbonyl (C=O) groups excluding carboxylic acids is 1. The molecule has 0 aromatic heterocycles. The lowest BCUT2D eigenvalue weighted by Gasteiger charge is -2.34. The molecule has 0 spiro atoms. The van der Waals surface area contributed by atoms with Gasteiger partial charge in [0.15, 0.2) is 6.10 Å². The van der Waals surface area contributed by atoms with Crippen LogP contribution >= 0.6 is 0 Å². The molecular weight excluding hydrogens is 402 g/mol.